The Hall–Kier alpha value is -3.66. The van der Waals surface area contributed by atoms with Gasteiger partial charge in [0.15, 0.2) is 0 Å². The van der Waals surface area contributed by atoms with Crippen LogP contribution in [0.25, 0.3) is 0 Å². The van der Waals surface area contributed by atoms with Crippen LogP contribution in [-0.4, -0.2) is 35.5 Å². The number of allylic oxidation sites excluding steroid dienone is 1. The lowest BCUT2D eigenvalue weighted by atomic mass is 9.90. The summed E-state index contributed by atoms with van der Waals surface area (Å²) in [5.74, 6) is -0.832. The van der Waals surface area contributed by atoms with Crippen molar-refractivity contribution < 1.29 is 14.7 Å². The van der Waals surface area contributed by atoms with Crippen LogP contribution in [0.15, 0.2) is 96.6 Å². The Morgan fingerprint density at radius 3 is 2.03 bits per heavy atom. The van der Waals surface area contributed by atoms with Gasteiger partial charge in [0.05, 0.1) is 6.42 Å². The van der Waals surface area contributed by atoms with E-state index in [1.807, 2.05) is 85.9 Å². The number of carbonyl (C=O) groups is 2. The topological polar surface area (TPSA) is 57.6 Å². The van der Waals surface area contributed by atoms with E-state index in [-0.39, 0.29) is 11.8 Å². The first kappa shape index (κ1) is 24.0. The fourth-order valence-electron chi connectivity index (χ4n) is 3.77. The van der Waals surface area contributed by atoms with Gasteiger partial charge in [0.1, 0.15) is 0 Å². The number of nitrogens with zero attached hydrogens (tertiary/aromatic N) is 1. The number of rotatable bonds is 10. The van der Waals surface area contributed by atoms with Crippen LogP contribution in [0.2, 0.25) is 0 Å². The minimum atomic E-state index is -0.902. The van der Waals surface area contributed by atoms with E-state index in [4.69, 9.17) is 0 Å². The minimum absolute atomic E-state index is 0.0288. The number of aliphatic carboxylic acids is 1. The first-order valence-electron chi connectivity index (χ1n) is 11.2. The highest BCUT2D eigenvalue weighted by atomic mass is 16.4. The quantitative estimate of drug-likeness (QED) is 0.435. The molecule has 0 aliphatic carbocycles. The third-order valence-corrected chi connectivity index (χ3v) is 5.85. The maximum Gasteiger partial charge on any atom is 0.330 e. The Kier molecular flexibility index (Phi) is 8.59. The summed E-state index contributed by atoms with van der Waals surface area (Å²) in [4.78, 5) is 25.8. The van der Waals surface area contributed by atoms with E-state index in [1.54, 1.807) is 11.8 Å². The number of amides is 1. The zero-order valence-corrected chi connectivity index (χ0v) is 19.3. The monoisotopic (exact) mass is 441 g/mol. The first-order chi connectivity index (χ1) is 15.9. The highest BCUT2D eigenvalue weighted by Crippen LogP contribution is 2.24. The second-order valence-corrected chi connectivity index (χ2v) is 8.42. The third kappa shape index (κ3) is 7.46. The fourth-order valence-corrected chi connectivity index (χ4v) is 3.77. The van der Waals surface area contributed by atoms with Crippen molar-refractivity contribution in [3.05, 3.63) is 119 Å². The Morgan fingerprint density at radius 1 is 0.848 bits per heavy atom. The van der Waals surface area contributed by atoms with Crippen LogP contribution < -0.4 is 0 Å². The van der Waals surface area contributed by atoms with Crippen LogP contribution in [-0.2, 0) is 28.9 Å². The normalized spacial score (nSPS) is 12.2. The molecular formula is C29H31NO3. The summed E-state index contributed by atoms with van der Waals surface area (Å²) in [5, 5.41) is 9.31. The van der Waals surface area contributed by atoms with E-state index < -0.39 is 5.97 Å². The predicted octanol–water partition coefficient (Wildman–Crippen LogP) is 5.29. The molecule has 4 nitrogen and oxygen atoms in total. The predicted molar refractivity (Wildman–Crippen MR) is 132 cm³/mol. The van der Waals surface area contributed by atoms with Gasteiger partial charge in [-0.25, -0.2) is 4.79 Å². The summed E-state index contributed by atoms with van der Waals surface area (Å²) in [6, 6.07) is 28.2. The number of carbonyl (C=O) groups excluding carboxylic acids is 1. The Balaban J connectivity index is 1.61. The second kappa shape index (κ2) is 11.8. The summed E-state index contributed by atoms with van der Waals surface area (Å²) < 4.78 is 0. The van der Waals surface area contributed by atoms with Gasteiger partial charge < -0.3 is 10.0 Å². The highest BCUT2D eigenvalue weighted by Gasteiger charge is 2.14. The summed E-state index contributed by atoms with van der Waals surface area (Å²) >= 11 is 0. The zero-order valence-electron chi connectivity index (χ0n) is 19.3. The summed E-state index contributed by atoms with van der Waals surface area (Å²) in [6.45, 7) is 2.32. The Labute approximate surface area is 196 Å². The van der Waals surface area contributed by atoms with E-state index in [2.05, 4.69) is 12.1 Å². The van der Waals surface area contributed by atoms with Gasteiger partial charge in [-0.2, -0.15) is 0 Å². The van der Waals surface area contributed by atoms with Gasteiger partial charge in [-0.05, 0) is 42.0 Å². The van der Waals surface area contributed by atoms with Gasteiger partial charge in [0.25, 0.3) is 0 Å². The van der Waals surface area contributed by atoms with Gasteiger partial charge >= 0.3 is 5.97 Å². The third-order valence-electron chi connectivity index (χ3n) is 5.85. The van der Waals surface area contributed by atoms with Gasteiger partial charge in [-0.15, -0.1) is 0 Å². The maximum absolute atomic E-state index is 12.6. The van der Waals surface area contributed by atoms with Crippen molar-refractivity contribution in [1.82, 2.24) is 4.90 Å². The standard InChI is InChI=1S/C29H31NO3/c1-22(29(32)33)19-27(26-11-7-4-8-12-26)20-24-13-15-25(16-14-24)21-28(31)30(2)18-17-23-9-5-3-6-10-23/h3-16,19,27H,17-18,20-21H2,1-2H3,(H,32,33). The molecule has 1 N–H and O–H groups in total. The maximum atomic E-state index is 12.6. The molecule has 3 aromatic rings. The molecule has 0 aliphatic rings. The molecule has 0 spiro atoms. The SMILES string of the molecule is CC(=CC(Cc1ccc(CC(=O)N(C)CCc2ccccc2)cc1)c1ccccc1)C(=O)O. The number of benzene rings is 3. The molecule has 0 fully saturated rings. The second-order valence-electron chi connectivity index (χ2n) is 8.42. The van der Waals surface area contributed by atoms with Crippen molar-refractivity contribution in [2.45, 2.75) is 32.1 Å². The Bertz CT molecular complexity index is 1070. The van der Waals surface area contributed by atoms with E-state index in [0.29, 0.717) is 25.0 Å². The van der Waals surface area contributed by atoms with Crippen molar-refractivity contribution in [2.75, 3.05) is 13.6 Å². The molecule has 0 bridgehead atoms. The van der Waals surface area contributed by atoms with Gasteiger partial charge in [0.2, 0.25) is 5.91 Å². The molecule has 0 aromatic heterocycles. The molecule has 170 valence electrons. The average molecular weight is 442 g/mol. The fraction of sp³-hybridized carbons (Fsp3) is 0.241. The van der Waals surface area contributed by atoms with Crippen LogP contribution in [0.4, 0.5) is 0 Å². The van der Waals surface area contributed by atoms with E-state index in [9.17, 15) is 14.7 Å². The minimum Gasteiger partial charge on any atom is -0.478 e. The molecule has 4 heteroatoms. The largest absolute Gasteiger partial charge is 0.478 e. The number of carboxylic acid groups (broad SMARTS) is 1. The molecule has 0 radical (unpaired) electrons. The first-order valence-corrected chi connectivity index (χ1v) is 11.2. The smallest absolute Gasteiger partial charge is 0.330 e. The molecule has 0 saturated heterocycles. The van der Waals surface area contributed by atoms with E-state index in [0.717, 1.165) is 23.1 Å². The van der Waals surface area contributed by atoms with Crippen molar-refractivity contribution >= 4 is 11.9 Å². The molecule has 33 heavy (non-hydrogen) atoms. The molecule has 0 heterocycles. The van der Waals surface area contributed by atoms with Crippen molar-refractivity contribution in [3.8, 4) is 0 Å². The van der Waals surface area contributed by atoms with Crippen LogP contribution in [0.5, 0.6) is 0 Å². The lowest BCUT2D eigenvalue weighted by Crippen LogP contribution is -2.30. The average Bonchev–Trinajstić information content (AvgIpc) is 2.84. The molecule has 3 rings (SSSR count). The van der Waals surface area contributed by atoms with E-state index >= 15 is 0 Å². The number of hydrogen-bond donors (Lipinski definition) is 1. The summed E-state index contributed by atoms with van der Waals surface area (Å²) in [7, 11) is 1.85. The summed E-state index contributed by atoms with van der Waals surface area (Å²) in [6.07, 6.45) is 3.72. The van der Waals surface area contributed by atoms with Crippen LogP contribution in [0, 0.1) is 0 Å². The van der Waals surface area contributed by atoms with Gasteiger partial charge in [-0.1, -0.05) is 91.0 Å². The number of hydrogen-bond acceptors (Lipinski definition) is 2. The molecule has 3 aromatic carbocycles. The van der Waals surface area contributed by atoms with Crippen LogP contribution >= 0.6 is 0 Å². The zero-order chi connectivity index (χ0) is 23.6. The van der Waals surface area contributed by atoms with Crippen LogP contribution in [0.1, 0.15) is 35.1 Å². The molecule has 1 amide bonds. The molecule has 0 saturated carbocycles. The molecule has 1 unspecified atom stereocenters. The van der Waals surface area contributed by atoms with Crippen molar-refractivity contribution in [1.29, 1.82) is 0 Å². The lowest BCUT2D eigenvalue weighted by molar-refractivity contribution is -0.132. The lowest BCUT2D eigenvalue weighted by Gasteiger charge is -2.18. The van der Waals surface area contributed by atoms with Gasteiger partial charge in [-0.3, -0.25) is 4.79 Å². The van der Waals surface area contributed by atoms with Crippen LogP contribution in [0.3, 0.4) is 0 Å². The number of likely N-dealkylation sites (N-methyl/N-ethyl adjacent to an activating group) is 1. The molecule has 0 aliphatic heterocycles. The Morgan fingerprint density at radius 2 is 1.42 bits per heavy atom. The highest BCUT2D eigenvalue weighted by molar-refractivity contribution is 5.86. The number of carboxylic acids is 1. The van der Waals surface area contributed by atoms with Gasteiger partial charge in [0, 0.05) is 25.1 Å². The molecular weight excluding hydrogens is 410 g/mol. The summed E-state index contributed by atoms with van der Waals surface area (Å²) in [5.41, 5.74) is 4.72. The van der Waals surface area contributed by atoms with E-state index in [1.165, 1.54) is 5.56 Å². The van der Waals surface area contributed by atoms with Crippen molar-refractivity contribution in [2.24, 2.45) is 0 Å². The molecule has 1 atom stereocenters. The van der Waals surface area contributed by atoms with Crippen molar-refractivity contribution in [3.63, 3.8) is 0 Å².